The first-order valence-corrected chi connectivity index (χ1v) is 5.90. The van der Waals surface area contributed by atoms with Gasteiger partial charge in [-0.15, -0.1) is 0 Å². The van der Waals surface area contributed by atoms with Gasteiger partial charge in [-0.2, -0.15) is 0 Å². The zero-order valence-corrected chi connectivity index (χ0v) is 10.2. The monoisotopic (exact) mass is 243 g/mol. The standard InChI is InChI=1S/C13H19F2NO/c1-3-13(17-4-2)12(16)8-9-10(14)6-5-7-11(9)15/h5-7,12-13H,3-4,8,16H2,1-2H3. The van der Waals surface area contributed by atoms with Crippen molar-refractivity contribution in [2.45, 2.75) is 38.8 Å². The number of hydrogen-bond donors (Lipinski definition) is 1. The van der Waals surface area contributed by atoms with Gasteiger partial charge in [0.15, 0.2) is 0 Å². The van der Waals surface area contributed by atoms with Gasteiger partial charge in [-0.05, 0) is 31.9 Å². The van der Waals surface area contributed by atoms with Crippen molar-refractivity contribution in [3.05, 3.63) is 35.4 Å². The zero-order valence-electron chi connectivity index (χ0n) is 10.2. The number of halogens is 2. The van der Waals surface area contributed by atoms with Gasteiger partial charge in [0, 0.05) is 18.2 Å². The van der Waals surface area contributed by atoms with Gasteiger partial charge >= 0.3 is 0 Å². The van der Waals surface area contributed by atoms with E-state index in [0.29, 0.717) is 6.61 Å². The molecule has 2 N–H and O–H groups in total. The fourth-order valence-electron chi connectivity index (χ4n) is 1.85. The average Bonchev–Trinajstić information content (AvgIpc) is 2.30. The fourth-order valence-corrected chi connectivity index (χ4v) is 1.85. The number of rotatable bonds is 6. The number of benzene rings is 1. The van der Waals surface area contributed by atoms with E-state index < -0.39 is 17.7 Å². The van der Waals surface area contributed by atoms with Crippen molar-refractivity contribution in [3.8, 4) is 0 Å². The molecular weight excluding hydrogens is 224 g/mol. The minimum absolute atomic E-state index is 0.0400. The topological polar surface area (TPSA) is 35.2 Å². The van der Waals surface area contributed by atoms with E-state index in [4.69, 9.17) is 10.5 Å². The Bertz CT molecular complexity index is 337. The largest absolute Gasteiger partial charge is 0.377 e. The van der Waals surface area contributed by atoms with Crippen molar-refractivity contribution < 1.29 is 13.5 Å². The smallest absolute Gasteiger partial charge is 0.129 e. The first-order chi connectivity index (χ1) is 8.10. The molecule has 0 aliphatic rings. The maximum atomic E-state index is 13.4. The maximum absolute atomic E-state index is 13.4. The van der Waals surface area contributed by atoms with Crippen LogP contribution in [0.4, 0.5) is 8.78 Å². The molecule has 0 saturated carbocycles. The molecule has 2 unspecified atom stereocenters. The summed E-state index contributed by atoms with van der Waals surface area (Å²) in [6.07, 6.45) is 0.709. The van der Waals surface area contributed by atoms with Gasteiger partial charge < -0.3 is 10.5 Å². The summed E-state index contributed by atoms with van der Waals surface area (Å²) >= 11 is 0. The van der Waals surface area contributed by atoms with Crippen molar-refractivity contribution in [1.82, 2.24) is 0 Å². The van der Waals surface area contributed by atoms with Gasteiger partial charge in [0.2, 0.25) is 0 Å². The van der Waals surface area contributed by atoms with Crippen molar-refractivity contribution in [1.29, 1.82) is 0 Å². The second-order valence-electron chi connectivity index (χ2n) is 3.97. The van der Waals surface area contributed by atoms with E-state index in [2.05, 4.69) is 0 Å². The summed E-state index contributed by atoms with van der Waals surface area (Å²) in [4.78, 5) is 0. The third-order valence-corrected chi connectivity index (χ3v) is 2.76. The molecule has 0 bridgehead atoms. The van der Waals surface area contributed by atoms with Crippen LogP contribution in [-0.4, -0.2) is 18.8 Å². The van der Waals surface area contributed by atoms with Gasteiger partial charge in [0.1, 0.15) is 11.6 Å². The molecule has 1 rings (SSSR count). The van der Waals surface area contributed by atoms with Crippen LogP contribution in [0.3, 0.4) is 0 Å². The minimum Gasteiger partial charge on any atom is -0.377 e. The van der Waals surface area contributed by atoms with Crippen LogP contribution in [-0.2, 0) is 11.2 Å². The predicted molar refractivity (Wildman–Crippen MR) is 63.7 cm³/mol. The van der Waals surface area contributed by atoms with Crippen LogP contribution in [0.5, 0.6) is 0 Å². The summed E-state index contributed by atoms with van der Waals surface area (Å²) < 4.78 is 32.3. The van der Waals surface area contributed by atoms with Gasteiger partial charge in [0.25, 0.3) is 0 Å². The van der Waals surface area contributed by atoms with Gasteiger partial charge in [-0.3, -0.25) is 0 Å². The first-order valence-electron chi connectivity index (χ1n) is 5.90. The van der Waals surface area contributed by atoms with Crippen molar-refractivity contribution in [2.24, 2.45) is 5.73 Å². The Morgan fingerprint density at radius 2 is 1.82 bits per heavy atom. The quantitative estimate of drug-likeness (QED) is 0.833. The Kier molecular flexibility index (Phi) is 5.51. The molecule has 0 aliphatic carbocycles. The van der Waals surface area contributed by atoms with Crippen LogP contribution in [0.25, 0.3) is 0 Å². The van der Waals surface area contributed by atoms with Gasteiger partial charge in [-0.1, -0.05) is 13.0 Å². The molecule has 4 heteroatoms. The summed E-state index contributed by atoms with van der Waals surface area (Å²) in [5.74, 6) is -1.10. The summed E-state index contributed by atoms with van der Waals surface area (Å²) in [5, 5.41) is 0. The Balaban J connectivity index is 2.76. The summed E-state index contributed by atoms with van der Waals surface area (Å²) in [7, 11) is 0. The molecule has 0 amide bonds. The molecule has 0 radical (unpaired) electrons. The molecule has 0 saturated heterocycles. The number of ether oxygens (including phenoxy) is 1. The zero-order chi connectivity index (χ0) is 12.8. The number of hydrogen-bond acceptors (Lipinski definition) is 2. The SMILES string of the molecule is CCOC(CC)C(N)Cc1c(F)cccc1F. The lowest BCUT2D eigenvalue weighted by Gasteiger charge is -2.22. The van der Waals surface area contributed by atoms with E-state index >= 15 is 0 Å². The van der Waals surface area contributed by atoms with Crippen molar-refractivity contribution in [2.75, 3.05) is 6.61 Å². The van der Waals surface area contributed by atoms with E-state index in [-0.39, 0.29) is 18.1 Å². The molecule has 0 heterocycles. The van der Waals surface area contributed by atoms with Crippen LogP contribution >= 0.6 is 0 Å². The fraction of sp³-hybridized carbons (Fsp3) is 0.538. The molecule has 0 fully saturated rings. The van der Waals surface area contributed by atoms with Crippen molar-refractivity contribution in [3.63, 3.8) is 0 Å². The van der Waals surface area contributed by atoms with Crippen LogP contribution < -0.4 is 5.73 Å². The van der Waals surface area contributed by atoms with E-state index in [0.717, 1.165) is 6.42 Å². The Morgan fingerprint density at radius 1 is 1.24 bits per heavy atom. The molecule has 17 heavy (non-hydrogen) atoms. The molecule has 1 aromatic carbocycles. The lowest BCUT2D eigenvalue weighted by atomic mass is 9.99. The van der Waals surface area contributed by atoms with E-state index in [1.807, 2.05) is 13.8 Å². The summed E-state index contributed by atoms with van der Waals surface area (Å²) in [6, 6.07) is 3.44. The summed E-state index contributed by atoms with van der Waals surface area (Å²) in [6.45, 7) is 4.36. The number of nitrogens with two attached hydrogens (primary N) is 1. The van der Waals surface area contributed by atoms with Crippen molar-refractivity contribution >= 4 is 0 Å². The molecule has 2 atom stereocenters. The minimum atomic E-state index is -0.549. The second kappa shape index (κ2) is 6.67. The molecular formula is C13H19F2NO. The maximum Gasteiger partial charge on any atom is 0.129 e. The van der Waals surface area contributed by atoms with Crippen LogP contribution in [0.15, 0.2) is 18.2 Å². The average molecular weight is 243 g/mol. The molecule has 1 aromatic rings. The first kappa shape index (κ1) is 14.1. The van der Waals surface area contributed by atoms with Crippen LogP contribution in [0.2, 0.25) is 0 Å². The lowest BCUT2D eigenvalue weighted by Crippen LogP contribution is -2.38. The van der Waals surface area contributed by atoms with E-state index in [9.17, 15) is 8.78 Å². The normalized spacial score (nSPS) is 14.6. The van der Waals surface area contributed by atoms with E-state index in [1.54, 1.807) is 0 Å². The third kappa shape index (κ3) is 3.75. The molecule has 0 spiro atoms. The lowest BCUT2D eigenvalue weighted by molar-refractivity contribution is 0.0414. The summed E-state index contributed by atoms with van der Waals surface area (Å²) in [5.41, 5.74) is 5.97. The van der Waals surface area contributed by atoms with E-state index in [1.165, 1.54) is 18.2 Å². The Hall–Kier alpha value is -1.00. The highest BCUT2D eigenvalue weighted by molar-refractivity contribution is 5.20. The third-order valence-electron chi connectivity index (χ3n) is 2.76. The van der Waals surface area contributed by atoms with Crippen LogP contribution in [0.1, 0.15) is 25.8 Å². The highest BCUT2D eigenvalue weighted by Crippen LogP contribution is 2.16. The molecule has 96 valence electrons. The highest BCUT2D eigenvalue weighted by Gasteiger charge is 2.20. The van der Waals surface area contributed by atoms with Gasteiger partial charge in [-0.25, -0.2) is 8.78 Å². The second-order valence-corrected chi connectivity index (χ2v) is 3.97. The van der Waals surface area contributed by atoms with Gasteiger partial charge in [0.05, 0.1) is 6.10 Å². The Morgan fingerprint density at radius 3 is 2.29 bits per heavy atom. The predicted octanol–water partition coefficient (Wildman–Crippen LogP) is 2.65. The molecule has 2 nitrogen and oxygen atoms in total. The van der Waals surface area contributed by atoms with Crippen LogP contribution in [0, 0.1) is 11.6 Å². The molecule has 0 aromatic heterocycles. The molecule has 0 aliphatic heterocycles. The Labute approximate surface area is 101 Å². The highest BCUT2D eigenvalue weighted by atomic mass is 19.1.